The summed E-state index contributed by atoms with van der Waals surface area (Å²) in [5.74, 6) is 2.47. The number of anilines is 1. The lowest BCUT2D eigenvalue weighted by Gasteiger charge is -2.17. The summed E-state index contributed by atoms with van der Waals surface area (Å²) < 4.78 is 1.94. The Hall–Kier alpha value is -0.750. The molecule has 0 spiro atoms. The zero-order chi connectivity index (χ0) is 13.5. The van der Waals surface area contributed by atoms with Crippen molar-refractivity contribution in [2.45, 2.75) is 32.6 Å². The molecule has 0 radical (unpaired) electrons. The zero-order valence-electron chi connectivity index (χ0n) is 11.7. The smallest absolute Gasteiger partial charge is 0.214 e. The van der Waals surface area contributed by atoms with Crippen LogP contribution in [-0.2, 0) is 5.41 Å². The molecule has 0 amide bonds. The molecule has 2 aromatic heterocycles. The summed E-state index contributed by atoms with van der Waals surface area (Å²) in [5, 5.41) is 5.82. The molecule has 1 fully saturated rings. The number of hydrogen-bond donors (Lipinski definition) is 0. The highest BCUT2D eigenvalue weighted by Crippen LogP contribution is 2.28. The Bertz CT molecular complexity index is 527. The number of nitrogens with zero attached hydrogens (tertiary/aromatic N) is 4. The topological polar surface area (TPSA) is 33.4 Å². The van der Waals surface area contributed by atoms with Crippen molar-refractivity contribution < 1.29 is 0 Å². The molecule has 0 aliphatic carbocycles. The highest BCUT2D eigenvalue weighted by molar-refractivity contribution is 7.99. The maximum atomic E-state index is 4.71. The van der Waals surface area contributed by atoms with Gasteiger partial charge >= 0.3 is 0 Å². The summed E-state index contributed by atoms with van der Waals surface area (Å²) in [4.78, 5) is 8.12. The molecule has 0 unspecified atom stereocenters. The molecule has 3 heterocycles. The lowest BCUT2D eigenvalue weighted by Crippen LogP contribution is -2.25. The normalized spacial score (nSPS) is 17.9. The van der Waals surface area contributed by atoms with Gasteiger partial charge in [0, 0.05) is 24.3 Å². The van der Waals surface area contributed by atoms with Crippen LogP contribution in [0.3, 0.4) is 0 Å². The molecule has 6 heteroatoms. The first-order valence-corrected chi connectivity index (χ1v) is 8.70. The van der Waals surface area contributed by atoms with E-state index in [1.165, 1.54) is 17.9 Å². The second kappa shape index (κ2) is 4.98. The number of fused-ring (bicyclic) bond motifs is 1. The quantitative estimate of drug-likeness (QED) is 0.810. The van der Waals surface area contributed by atoms with Crippen molar-refractivity contribution in [1.29, 1.82) is 0 Å². The lowest BCUT2D eigenvalue weighted by molar-refractivity contribution is 0.572. The molecule has 3 rings (SSSR count). The number of thioether (sulfide) groups is 1. The Morgan fingerprint density at radius 3 is 2.79 bits per heavy atom. The van der Waals surface area contributed by atoms with Gasteiger partial charge in [-0.15, -0.1) is 5.10 Å². The summed E-state index contributed by atoms with van der Waals surface area (Å²) in [6.07, 6.45) is 3.32. The molecule has 104 valence electrons. The largest absolute Gasteiger partial charge is 0.346 e. The predicted molar refractivity (Wildman–Crippen MR) is 83.7 cm³/mol. The SMILES string of the molecule is CC(C)(C)c1cn2nc(N3CCCSCC3)sc2n1. The fraction of sp³-hybridized carbons (Fsp3) is 0.692. The van der Waals surface area contributed by atoms with Gasteiger partial charge in [0.15, 0.2) is 0 Å². The predicted octanol–water partition coefficient (Wildman–Crippen LogP) is 3.03. The molecule has 0 atom stereocenters. The Morgan fingerprint density at radius 2 is 2.05 bits per heavy atom. The van der Waals surface area contributed by atoms with Gasteiger partial charge in [-0.05, 0) is 12.2 Å². The van der Waals surface area contributed by atoms with Crippen LogP contribution < -0.4 is 4.90 Å². The highest BCUT2D eigenvalue weighted by Gasteiger charge is 2.21. The van der Waals surface area contributed by atoms with E-state index in [0.29, 0.717) is 0 Å². The average molecular weight is 296 g/mol. The van der Waals surface area contributed by atoms with E-state index in [0.717, 1.165) is 28.9 Å². The van der Waals surface area contributed by atoms with Gasteiger partial charge in [0.25, 0.3) is 0 Å². The first-order valence-electron chi connectivity index (χ1n) is 6.73. The van der Waals surface area contributed by atoms with Crippen molar-refractivity contribution in [3.05, 3.63) is 11.9 Å². The summed E-state index contributed by atoms with van der Waals surface area (Å²) in [5.41, 5.74) is 1.21. The lowest BCUT2D eigenvalue weighted by atomic mass is 9.93. The second-order valence-electron chi connectivity index (χ2n) is 5.94. The Kier molecular flexibility index (Phi) is 3.47. The van der Waals surface area contributed by atoms with Crippen LogP contribution in [0.25, 0.3) is 4.96 Å². The third kappa shape index (κ3) is 2.74. The molecule has 0 N–H and O–H groups in total. The molecular formula is C13H20N4S2. The summed E-state index contributed by atoms with van der Waals surface area (Å²) >= 11 is 3.75. The van der Waals surface area contributed by atoms with Crippen LogP contribution in [0.15, 0.2) is 6.20 Å². The molecule has 0 bridgehead atoms. The van der Waals surface area contributed by atoms with E-state index in [1.807, 2.05) is 16.3 Å². The first kappa shape index (κ1) is 13.2. The van der Waals surface area contributed by atoms with Crippen molar-refractivity contribution in [3.8, 4) is 0 Å². The summed E-state index contributed by atoms with van der Waals surface area (Å²) in [6, 6.07) is 0. The monoisotopic (exact) mass is 296 g/mol. The minimum absolute atomic E-state index is 0.0901. The molecule has 2 aromatic rings. The van der Waals surface area contributed by atoms with Gasteiger partial charge in [-0.1, -0.05) is 32.1 Å². The molecule has 0 aromatic carbocycles. The Balaban J connectivity index is 1.88. The molecule has 19 heavy (non-hydrogen) atoms. The van der Waals surface area contributed by atoms with Crippen LogP contribution in [0, 0.1) is 0 Å². The third-order valence-electron chi connectivity index (χ3n) is 3.29. The van der Waals surface area contributed by atoms with Gasteiger partial charge in [-0.3, -0.25) is 0 Å². The third-order valence-corrected chi connectivity index (χ3v) is 5.33. The van der Waals surface area contributed by atoms with E-state index in [-0.39, 0.29) is 5.41 Å². The van der Waals surface area contributed by atoms with Gasteiger partial charge < -0.3 is 4.90 Å². The van der Waals surface area contributed by atoms with E-state index in [1.54, 1.807) is 11.3 Å². The number of rotatable bonds is 1. The minimum Gasteiger partial charge on any atom is -0.346 e. The number of hydrogen-bond acceptors (Lipinski definition) is 5. The van der Waals surface area contributed by atoms with Crippen molar-refractivity contribution in [3.63, 3.8) is 0 Å². The van der Waals surface area contributed by atoms with Gasteiger partial charge in [-0.2, -0.15) is 11.8 Å². The van der Waals surface area contributed by atoms with E-state index in [9.17, 15) is 0 Å². The second-order valence-corrected chi connectivity index (χ2v) is 8.10. The molecular weight excluding hydrogens is 276 g/mol. The van der Waals surface area contributed by atoms with Gasteiger partial charge in [0.05, 0.1) is 11.9 Å². The van der Waals surface area contributed by atoms with Gasteiger partial charge in [0.1, 0.15) is 0 Å². The molecule has 1 aliphatic rings. The van der Waals surface area contributed by atoms with Crippen LogP contribution in [0.2, 0.25) is 0 Å². The van der Waals surface area contributed by atoms with E-state index < -0.39 is 0 Å². The standard InChI is InChI=1S/C13H20N4S2/c1-13(2,3)10-9-17-11(14-10)19-12(15-17)16-5-4-7-18-8-6-16/h9H,4-8H2,1-3H3. The first-order chi connectivity index (χ1) is 9.04. The van der Waals surface area contributed by atoms with Crippen LogP contribution in [-0.4, -0.2) is 39.2 Å². The highest BCUT2D eigenvalue weighted by atomic mass is 32.2. The van der Waals surface area contributed by atoms with Crippen LogP contribution >= 0.6 is 23.1 Å². The molecule has 1 aliphatic heterocycles. The van der Waals surface area contributed by atoms with E-state index in [4.69, 9.17) is 10.1 Å². The number of aromatic nitrogens is 3. The Morgan fingerprint density at radius 1 is 1.21 bits per heavy atom. The fourth-order valence-corrected chi connectivity index (χ4v) is 3.94. The van der Waals surface area contributed by atoms with Crippen molar-refractivity contribution in [1.82, 2.24) is 14.6 Å². The number of imidazole rings is 1. The maximum absolute atomic E-state index is 4.71. The van der Waals surface area contributed by atoms with Crippen LogP contribution in [0.1, 0.15) is 32.9 Å². The minimum atomic E-state index is 0.0901. The van der Waals surface area contributed by atoms with Gasteiger partial charge in [0.2, 0.25) is 10.1 Å². The summed E-state index contributed by atoms with van der Waals surface area (Å²) in [7, 11) is 0. The van der Waals surface area contributed by atoms with Crippen LogP contribution in [0.4, 0.5) is 5.13 Å². The van der Waals surface area contributed by atoms with Gasteiger partial charge in [-0.25, -0.2) is 9.50 Å². The maximum Gasteiger partial charge on any atom is 0.214 e. The van der Waals surface area contributed by atoms with E-state index in [2.05, 4.69) is 31.9 Å². The molecule has 0 saturated carbocycles. The molecule has 4 nitrogen and oxygen atoms in total. The van der Waals surface area contributed by atoms with Crippen molar-refractivity contribution in [2.75, 3.05) is 29.5 Å². The Labute approximate surface area is 122 Å². The van der Waals surface area contributed by atoms with Crippen LogP contribution in [0.5, 0.6) is 0 Å². The van der Waals surface area contributed by atoms with Crippen molar-refractivity contribution >= 4 is 33.2 Å². The van der Waals surface area contributed by atoms with E-state index >= 15 is 0 Å². The zero-order valence-corrected chi connectivity index (χ0v) is 13.4. The summed E-state index contributed by atoms with van der Waals surface area (Å²) in [6.45, 7) is 8.79. The fourth-order valence-electron chi connectivity index (χ4n) is 2.12. The average Bonchev–Trinajstić information content (AvgIpc) is 2.77. The van der Waals surface area contributed by atoms with Crippen molar-refractivity contribution in [2.24, 2.45) is 0 Å². The molecule has 1 saturated heterocycles.